The molecule has 1 aliphatic rings. The minimum Gasteiger partial charge on any atom is -0.444 e. The molecule has 0 fully saturated rings. The number of nitrogens with zero attached hydrogens (tertiary/aromatic N) is 3. The maximum absolute atomic E-state index is 12.4. The Bertz CT molecular complexity index is 649. The Morgan fingerprint density at radius 2 is 2.22 bits per heavy atom. The molecule has 1 aromatic rings. The summed E-state index contributed by atoms with van der Waals surface area (Å²) in [6, 6.07) is -0.0344. The first-order chi connectivity index (χ1) is 10.8. The van der Waals surface area contributed by atoms with E-state index in [0.29, 0.717) is 31.6 Å². The van der Waals surface area contributed by atoms with Crippen LogP contribution in [0.5, 0.6) is 0 Å². The zero-order chi connectivity index (χ0) is 17.2. The van der Waals surface area contributed by atoms with Gasteiger partial charge >= 0.3 is 6.09 Å². The number of carbonyl (C=O) groups is 2. The molecule has 0 aromatic carbocycles. The van der Waals surface area contributed by atoms with Crippen LogP contribution in [0.4, 0.5) is 4.79 Å². The normalized spacial score (nSPS) is 17.3. The number of hydrogen-bond donors (Lipinski definition) is 0. The number of aldehydes is 1. The fourth-order valence-corrected chi connectivity index (χ4v) is 2.65. The van der Waals surface area contributed by atoms with Crippen LogP contribution in [-0.4, -0.2) is 38.7 Å². The summed E-state index contributed by atoms with van der Waals surface area (Å²) in [5, 5.41) is 4.49. The predicted molar refractivity (Wildman–Crippen MR) is 86.0 cm³/mol. The van der Waals surface area contributed by atoms with Crippen molar-refractivity contribution in [3.8, 4) is 12.3 Å². The summed E-state index contributed by atoms with van der Waals surface area (Å²) in [6.07, 6.45) is 6.80. The first-order valence-corrected chi connectivity index (χ1v) is 7.73. The fraction of sp³-hybridized carbons (Fsp3) is 0.588. The third-order valence-electron chi connectivity index (χ3n) is 3.73. The van der Waals surface area contributed by atoms with Gasteiger partial charge in [-0.25, -0.2) is 4.79 Å². The third-order valence-corrected chi connectivity index (χ3v) is 3.73. The van der Waals surface area contributed by atoms with Crippen molar-refractivity contribution in [3.05, 3.63) is 17.0 Å². The topological polar surface area (TPSA) is 64.4 Å². The van der Waals surface area contributed by atoms with Crippen molar-refractivity contribution in [1.82, 2.24) is 14.7 Å². The van der Waals surface area contributed by atoms with Gasteiger partial charge in [-0.05, 0) is 27.7 Å². The Balaban J connectivity index is 2.27. The third kappa shape index (κ3) is 3.73. The van der Waals surface area contributed by atoms with Gasteiger partial charge in [0.2, 0.25) is 0 Å². The van der Waals surface area contributed by atoms with Crippen molar-refractivity contribution in [2.75, 3.05) is 0 Å². The molecular weight excluding hydrogens is 294 g/mol. The Morgan fingerprint density at radius 3 is 2.78 bits per heavy atom. The highest BCUT2D eigenvalue weighted by atomic mass is 16.6. The highest BCUT2D eigenvalue weighted by Gasteiger charge is 2.34. The molecule has 1 aromatic heterocycles. The number of aromatic nitrogens is 2. The summed E-state index contributed by atoms with van der Waals surface area (Å²) in [4.78, 5) is 25.5. The molecule has 0 saturated carbocycles. The molecule has 0 radical (unpaired) electrons. The molecule has 6 heteroatoms. The number of carbonyl (C=O) groups excluding carboxylic acids is 2. The van der Waals surface area contributed by atoms with Gasteiger partial charge in [0.05, 0.1) is 18.8 Å². The molecular formula is C17H23N3O3. The van der Waals surface area contributed by atoms with E-state index in [1.165, 1.54) is 0 Å². The SMILES string of the molecule is C#CCCn1nc2c(c1C=O)CN(C(=O)OC(C)(C)C)[C@H](C)C2. The maximum Gasteiger partial charge on any atom is 0.410 e. The van der Waals surface area contributed by atoms with Crippen LogP contribution < -0.4 is 0 Å². The van der Waals surface area contributed by atoms with E-state index < -0.39 is 5.60 Å². The highest BCUT2D eigenvalue weighted by molar-refractivity contribution is 5.76. The number of amides is 1. The van der Waals surface area contributed by atoms with E-state index in [0.717, 1.165) is 17.5 Å². The Labute approximate surface area is 136 Å². The monoisotopic (exact) mass is 317 g/mol. The van der Waals surface area contributed by atoms with Crippen LogP contribution in [0.15, 0.2) is 0 Å². The largest absolute Gasteiger partial charge is 0.444 e. The van der Waals surface area contributed by atoms with Crippen molar-refractivity contribution in [2.24, 2.45) is 0 Å². The summed E-state index contributed by atoms with van der Waals surface area (Å²) in [7, 11) is 0. The van der Waals surface area contributed by atoms with Gasteiger partial charge in [0.15, 0.2) is 6.29 Å². The molecule has 1 aliphatic heterocycles. The maximum atomic E-state index is 12.4. The van der Waals surface area contributed by atoms with Gasteiger partial charge in [0.25, 0.3) is 0 Å². The summed E-state index contributed by atoms with van der Waals surface area (Å²) in [5.41, 5.74) is 1.59. The van der Waals surface area contributed by atoms with Crippen LogP contribution in [0.2, 0.25) is 0 Å². The Kier molecular flexibility index (Phi) is 4.79. The van der Waals surface area contributed by atoms with Gasteiger partial charge < -0.3 is 9.64 Å². The van der Waals surface area contributed by atoms with E-state index in [1.807, 2.05) is 27.7 Å². The van der Waals surface area contributed by atoms with E-state index in [4.69, 9.17) is 11.2 Å². The van der Waals surface area contributed by atoms with E-state index in [-0.39, 0.29) is 12.1 Å². The van der Waals surface area contributed by atoms with E-state index in [9.17, 15) is 9.59 Å². The van der Waals surface area contributed by atoms with Gasteiger partial charge in [-0.1, -0.05) is 0 Å². The lowest BCUT2D eigenvalue weighted by Gasteiger charge is -2.34. The zero-order valence-corrected chi connectivity index (χ0v) is 14.1. The van der Waals surface area contributed by atoms with E-state index in [2.05, 4.69) is 11.0 Å². The van der Waals surface area contributed by atoms with Crippen molar-refractivity contribution >= 4 is 12.4 Å². The molecule has 6 nitrogen and oxygen atoms in total. The lowest BCUT2D eigenvalue weighted by atomic mass is 10.0. The van der Waals surface area contributed by atoms with Gasteiger partial charge in [-0.15, -0.1) is 12.3 Å². The molecule has 124 valence electrons. The van der Waals surface area contributed by atoms with Gasteiger partial charge in [0, 0.05) is 24.4 Å². The summed E-state index contributed by atoms with van der Waals surface area (Å²) >= 11 is 0. The van der Waals surface area contributed by atoms with Gasteiger partial charge in [0.1, 0.15) is 11.3 Å². The number of ether oxygens (including phenoxy) is 1. The smallest absolute Gasteiger partial charge is 0.410 e. The first-order valence-electron chi connectivity index (χ1n) is 7.73. The Morgan fingerprint density at radius 1 is 1.52 bits per heavy atom. The summed E-state index contributed by atoms with van der Waals surface area (Å²) in [5.74, 6) is 2.55. The fourth-order valence-electron chi connectivity index (χ4n) is 2.65. The number of hydrogen-bond acceptors (Lipinski definition) is 4. The van der Waals surface area contributed by atoms with Crippen molar-refractivity contribution in [1.29, 1.82) is 0 Å². The molecule has 2 heterocycles. The predicted octanol–water partition coefficient (Wildman–Crippen LogP) is 2.40. The molecule has 0 bridgehead atoms. The van der Waals surface area contributed by atoms with Crippen molar-refractivity contribution in [3.63, 3.8) is 0 Å². The number of fused-ring (bicyclic) bond motifs is 1. The second-order valence-corrected chi connectivity index (χ2v) is 6.77. The first kappa shape index (κ1) is 17.1. The molecule has 1 amide bonds. The lowest BCUT2D eigenvalue weighted by molar-refractivity contribution is 0.0137. The van der Waals surface area contributed by atoms with E-state index >= 15 is 0 Å². The van der Waals surface area contributed by atoms with Crippen LogP contribution in [0.3, 0.4) is 0 Å². The molecule has 23 heavy (non-hydrogen) atoms. The molecule has 1 atom stereocenters. The molecule has 0 N–H and O–H groups in total. The minimum absolute atomic E-state index is 0.0344. The molecule has 2 rings (SSSR count). The van der Waals surface area contributed by atoms with Crippen LogP contribution >= 0.6 is 0 Å². The van der Waals surface area contributed by atoms with Crippen LogP contribution in [0.25, 0.3) is 0 Å². The van der Waals surface area contributed by atoms with Gasteiger partial charge in [-0.2, -0.15) is 5.10 Å². The van der Waals surface area contributed by atoms with Crippen molar-refractivity contribution in [2.45, 2.75) is 65.3 Å². The molecule has 0 aliphatic carbocycles. The summed E-state index contributed by atoms with van der Waals surface area (Å²) in [6.45, 7) is 8.28. The lowest BCUT2D eigenvalue weighted by Crippen LogP contribution is -2.45. The molecule has 0 spiro atoms. The number of aryl methyl sites for hydroxylation is 1. The Hall–Kier alpha value is -2.29. The molecule has 0 unspecified atom stereocenters. The second-order valence-electron chi connectivity index (χ2n) is 6.77. The van der Waals surface area contributed by atoms with Crippen molar-refractivity contribution < 1.29 is 14.3 Å². The van der Waals surface area contributed by atoms with E-state index in [1.54, 1.807) is 9.58 Å². The highest BCUT2D eigenvalue weighted by Crippen LogP contribution is 2.26. The second kappa shape index (κ2) is 6.45. The molecule has 0 saturated heterocycles. The quantitative estimate of drug-likeness (QED) is 0.634. The minimum atomic E-state index is -0.554. The average Bonchev–Trinajstić information content (AvgIpc) is 2.78. The van der Waals surface area contributed by atoms with Gasteiger partial charge in [-0.3, -0.25) is 9.48 Å². The zero-order valence-electron chi connectivity index (χ0n) is 14.1. The number of terminal acetylenes is 1. The van der Waals surface area contributed by atoms with Crippen LogP contribution in [0.1, 0.15) is 55.9 Å². The standard InChI is InChI=1S/C17H23N3O3/c1-6-7-8-20-15(11-21)13-10-19(12(2)9-14(13)18-20)16(22)23-17(3,4)5/h1,11-12H,7-10H2,2-5H3/t12-/m1/s1. The average molecular weight is 317 g/mol. The van der Waals surface area contributed by atoms with Crippen LogP contribution in [-0.2, 0) is 24.2 Å². The number of rotatable bonds is 3. The summed E-state index contributed by atoms with van der Waals surface area (Å²) < 4.78 is 7.09. The van der Waals surface area contributed by atoms with Crippen LogP contribution in [0, 0.1) is 12.3 Å².